The standard InChI is InChI=1S/C15H13ClO3/c1-10-5-6-14(13(16)7-10)19-9-11-3-2-4-12(8-11)15(17)18/h2-8H,9H2,1H3,(H,17,18). The molecule has 0 saturated carbocycles. The SMILES string of the molecule is Cc1ccc(OCc2cccc(C(=O)O)c2)c(Cl)c1. The van der Waals surface area contributed by atoms with E-state index in [-0.39, 0.29) is 12.2 Å². The van der Waals surface area contributed by atoms with Gasteiger partial charge in [0.15, 0.2) is 0 Å². The molecule has 19 heavy (non-hydrogen) atoms. The molecule has 0 atom stereocenters. The van der Waals surface area contributed by atoms with Crippen LogP contribution in [0.25, 0.3) is 0 Å². The molecule has 1 N–H and O–H groups in total. The monoisotopic (exact) mass is 276 g/mol. The third-order valence-corrected chi connectivity index (χ3v) is 2.95. The largest absolute Gasteiger partial charge is 0.487 e. The van der Waals surface area contributed by atoms with Crippen LogP contribution in [0.2, 0.25) is 5.02 Å². The number of benzene rings is 2. The van der Waals surface area contributed by atoms with Gasteiger partial charge in [0.05, 0.1) is 10.6 Å². The van der Waals surface area contributed by atoms with Crippen molar-refractivity contribution in [2.75, 3.05) is 0 Å². The topological polar surface area (TPSA) is 46.5 Å². The molecule has 0 unspecified atom stereocenters. The molecule has 0 radical (unpaired) electrons. The summed E-state index contributed by atoms with van der Waals surface area (Å²) >= 11 is 6.06. The van der Waals surface area contributed by atoms with Crippen molar-refractivity contribution in [2.24, 2.45) is 0 Å². The van der Waals surface area contributed by atoms with Crippen LogP contribution in [-0.2, 0) is 6.61 Å². The van der Waals surface area contributed by atoms with Crippen LogP contribution in [0.3, 0.4) is 0 Å². The highest BCUT2D eigenvalue weighted by Gasteiger charge is 2.05. The van der Waals surface area contributed by atoms with Crippen LogP contribution < -0.4 is 4.74 Å². The van der Waals surface area contributed by atoms with Crippen LogP contribution in [-0.4, -0.2) is 11.1 Å². The van der Waals surface area contributed by atoms with E-state index in [9.17, 15) is 4.79 Å². The molecule has 2 aromatic rings. The number of aryl methyl sites for hydroxylation is 1. The molecule has 0 spiro atoms. The van der Waals surface area contributed by atoms with Gasteiger partial charge < -0.3 is 9.84 Å². The van der Waals surface area contributed by atoms with Crippen molar-refractivity contribution in [3.05, 3.63) is 64.2 Å². The van der Waals surface area contributed by atoms with Crippen molar-refractivity contribution in [3.8, 4) is 5.75 Å². The lowest BCUT2D eigenvalue weighted by Gasteiger charge is -2.09. The molecule has 2 rings (SSSR count). The summed E-state index contributed by atoms with van der Waals surface area (Å²) in [4.78, 5) is 10.9. The van der Waals surface area contributed by atoms with E-state index in [4.69, 9.17) is 21.4 Å². The van der Waals surface area contributed by atoms with Crippen LogP contribution in [0.4, 0.5) is 0 Å². The van der Waals surface area contributed by atoms with Crippen LogP contribution >= 0.6 is 11.6 Å². The molecule has 0 aliphatic heterocycles. The number of carboxylic acids is 1. The summed E-state index contributed by atoms with van der Waals surface area (Å²) in [5.74, 6) is -0.358. The maximum atomic E-state index is 10.9. The highest BCUT2D eigenvalue weighted by Crippen LogP contribution is 2.26. The fourth-order valence-corrected chi connectivity index (χ4v) is 1.97. The van der Waals surface area contributed by atoms with Crippen molar-refractivity contribution in [1.29, 1.82) is 0 Å². The molecule has 0 heterocycles. The van der Waals surface area contributed by atoms with E-state index in [1.165, 1.54) is 0 Å². The first-order valence-electron chi connectivity index (χ1n) is 5.77. The number of hydrogen-bond donors (Lipinski definition) is 1. The number of carboxylic acid groups (broad SMARTS) is 1. The van der Waals surface area contributed by atoms with Crippen LogP contribution in [0, 0.1) is 6.92 Å². The van der Waals surface area contributed by atoms with E-state index in [1.54, 1.807) is 24.3 Å². The molecular formula is C15H13ClO3. The lowest BCUT2D eigenvalue weighted by atomic mass is 10.1. The molecule has 0 saturated heterocycles. The second-order valence-corrected chi connectivity index (χ2v) is 4.64. The number of halogens is 1. The minimum Gasteiger partial charge on any atom is -0.487 e. The second kappa shape index (κ2) is 5.76. The van der Waals surface area contributed by atoms with Crippen LogP contribution in [0.5, 0.6) is 5.75 Å². The van der Waals surface area contributed by atoms with Gasteiger partial charge in [0.25, 0.3) is 0 Å². The number of aromatic carboxylic acids is 1. The van der Waals surface area contributed by atoms with Crippen molar-refractivity contribution >= 4 is 17.6 Å². The minimum atomic E-state index is -0.949. The van der Waals surface area contributed by atoms with Gasteiger partial charge in [-0.25, -0.2) is 4.79 Å². The highest BCUT2D eigenvalue weighted by molar-refractivity contribution is 6.32. The van der Waals surface area contributed by atoms with Crippen LogP contribution in [0.15, 0.2) is 42.5 Å². The van der Waals surface area contributed by atoms with E-state index >= 15 is 0 Å². The fraction of sp³-hybridized carbons (Fsp3) is 0.133. The Balaban J connectivity index is 2.10. The first kappa shape index (κ1) is 13.4. The lowest BCUT2D eigenvalue weighted by Crippen LogP contribution is -2.00. The fourth-order valence-electron chi connectivity index (χ4n) is 1.68. The second-order valence-electron chi connectivity index (χ2n) is 4.23. The van der Waals surface area contributed by atoms with Crippen molar-refractivity contribution in [2.45, 2.75) is 13.5 Å². The molecule has 0 fully saturated rings. The van der Waals surface area contributed by atoms with Gasteiger partial charge in [0.2, 0.25) is 0 Å². The first-order valence-corrected chi connectivity index (χ1v) is 6.15. The Hall–Kier alpha value is -2.00. The zero-order valence-corrected chi connectivity index (χ0v) is 11.1. The molecule has 0 aliphatic carbocycles. The Labute approximate surface area is 116 Å². The Bertz CT molecular complexity index is 608. The first-order chi connectivity index (χ1) is 9.06. The summed E-state index contributed by atoms with van der Waals surface area (Å²) in [7, 11) is 0. The zero-order chi connectivity index (χ0) is 13.8. The molecule has 0 aliphatic rings. The molecular weight excluding hydrogens is 264 g/mol. The summed E-state index contributed by atoms with van der Waals surface area (Å²) in [6.07, 6.45) is 0. The van der Waals surface area contributed by atoms with Gasteiger partial charge in [-0.15, -0.1) is 0 Å². The Kier molecular flexibility index (Phi) is 4.07. The third-order valence-electron chi connectivity index (χ3n) is 2.66. The minimum absolute atomic E-state index is 0.246. The van der Waals surface area contributed by atoms with E-state index in [1.807, 2.05) is 25.1 Å². The average molecular weight is 277 g/mol. The summed E-state index contributed by atoms with van der Waals surface area (Å²) in [5.41, 5.74) is 2.10. The van der Waals surface area contributed by atoms with Gasteiger partial charge in [-0.1, -0.05) is 29.8 Å². The molecule has 0 amide bonds. The highest BCUT2D eigenvalue weighted by atomic mass is 35.5. The molecule has 3 nitrogen and oxygen atoms in total. The van der Waals surface area contributed by atoms with E-state index in [0.717, 1.165) is 11.1 Å². The van der Waals surface area contributed by atoms with Gasteiger partial charge in [-0.05, 0) is 42.3 Å². The Morgan fingerprint density at radius 2 is 2.05 bits per heavy atom. The van der Waals surface area contributed by atoms with Gasteiger partial charge in [-0.2, -0.15) is 0 Å². The smallest absolute Gasteiger partial charge is 0.335 e. The lowest BCUT2D eigenvalue weighted by molar-refractivity contribution is 0.0696. The maximum absolute atomic E-state index is 10.9. The van der Waals surface area contributed by atoms with Gasteiger partial charge in [-0.3, -0.25) is 0 Å². The predicted molar refractivity (Wildman–Crippen MR) is 73.9 cm³/mol. The third kappa shape index (κ3) is 3.48. The van der Waals surface area contributed by atoms with E-state index in [0.29, 0.717) is 10.8 Å². The molecule has 0 aromatic heterocycles. The quantitative estimate of drug-likeness (QED) is 0.920. The summed E-state index contributed by atoms with van der Waals surface area (Å²) in [6.45, 7) is 2.23. The summed E-state index contributed by atoms with van der Waals surface area (Å²) in [6, 6.07) is 12.2. The van der Waals surface area contributed by atoms with Gasteiger partial charge >= 0.3 is 5.97 Å². The van der Waals surface area contributed by atoms with E-state index in [2.05, 4.69) is 0 Å². The maximum Gasteiger partial charge on any atom is 0.335 e. The Morgan fingerprint density at radius 3 is 2.74 bits per heavy atom. The number of hydrogen-bond acceptors (Lipinski definition) is 2. The summed E-state index contributed by atoms with van der Waals surface area (Å²) in [5, 5.41) is 9.46. The van der Waals surface area contributed by atoms with Crippen molar-refractivity contribution < 1.29 is 14.6 Å². The number of rotatable bonds is 4. The van der Waals surface area contributed by atoms with E-state index < -0.39 is 5.97 Å². The Morgan fingerprint density at radius 1 is 1.26 bits per heavy atom. The molecule has 0 bridgehead atoms. The predicted octanol–water partition coefficient (Wildman–Crippen LogP) is 3.93. The zero-order valence-electron chi connectivity index (χ0n) is 10.4. The van der Waals surface area contributed by atoms with Crippen molar-refractivity contribution in [3.63, 3.8) is 0 Å². The summed E-state index contributed by atoms with van der Waals surface area (Å²) < 4.78 is 5.59. The molecule has 98 valence electrons. The molecule has 4 heteroatoms. The van der Waals surface area contributed by atoms with Crippen LogP contribution in [0.1, 0.15) is 21.5 Å². The number of ether oxygens (including phenoxy) is 1. The van der Waals surface area contributed by atoms with Gasteiger partial charge in [0.1, 0.15) is 12.4 Å². The van der Waals surface area contributed by atoms with Gasteiger partial charge in [0, 0.05) is 0 Å². The molecule has 2 aromatic carbocycles. The average Bonchev–Trinajstić information content (AvgIpc) is 2.38. The normalized spacial score (nSPS) is 10.2. The number of carbonyl (C=O) groups is 1. The van der Waals surface area contributed by atoms with Crippen molar-refractivity contribution in [1.82, 2.24) is 0 Å².